The Balaban J connectivity index is 0.00000200. The van der Waals surface area contributed by atoms with E-state index in [1.807, 2.05) is 0 Å². The molecule has 1 atom stereocenters. The van der Waals surface area contributed by atoms with Crippen LogP contribution in [-0.4, -0.2) is 38.3 Å². The molecule has 0 aliphatic carbocycles. The van der Waals surface area contributed by atoms with Crippen molar-refractivity contribution in [1.82, 2.24) is 10.6 Å². The van der Waals surface area contributed by atoms with Crippen LogP contribution in [0.2, 0.25) is 0 Å². The maximum Gasteiger partial charge on any atom is 0.239 e. The molecule has 112 valence electrons. The molecule has 1 aromatic rings. The Morgan fingerprint density at radius 3 is 3.00 bits per heavy atom. The first-order valence-electron chi connectivity index (χ1n) is 6.19. The third-order valence-electron chi connectivity index (χ3n) is 2.94. The predicted molar refractivity (Wildman–Crippen MR) is 80.7 cm³/mol. The third kappa shape index (κ3) is 5.01. The zero-order valence-electron chi connectivity index (χ0n) is 10.8. The SMILES string of the molecule is Cl.O=C(NCCc1ccc(F)c(Br)c1)C1COCCN1. The summed E-state index contributed by atoms with van der Waals surface area (Å²) in [5.41, 5.74) is 0.974. The lowest BCUT2D eigenvalue weighted by molar-refractivity contribution is -0.125. The van der Waals surface area contributed by atoms with Crippen molar-refractivity contribution in [3.05, 3.63) is 34.1 Å². The summed E-state index contributed by atoms with van der Waals surface area (Å²) in [4.78, 5) is 11.8. The number of benzene rings is 1. The van der Waals surface area contributed by atoms with Gasteiger partial charge in [-0.1, -0.05) is 6.07 Å². The topological polar surface area (TPSA) is 50.4 Å². The van der Waals surface area contributed by atoms with Gasteiger partial charge in [0, 0.05) is 13.1 Å². The van der Waals surface area contributed by atoms with Gasteiger partial charge in [-0.3, -0.25) is 4.79 Å². The average molecular weight is 368 g/mol. The van der Waals surface area contributed by atoms with E-state index in [0.29, 0.717) is 37.2 Å². The minimum Gasteiger partial charge on any atom is -0.378 e. The highest BCUT2D eigenvalue weighted by Gasteiger charge is 2.20. The van der Waals surface area contributed by atoms with Crippen LogP contribution in [0.3, 0.4) is 0 Å². The quantitative estimate of drug-likeness (QED) is 0.851. The van der Waals surface area contributed by atoms with Crippen LogP contribution in [0.15, 0.2) is 22.7 Å². The molecule has 1 aromatic carbocycles. The van der Waals surface area contributed by atoms with Crippen LogP contribution in [0.4, 0.5) is 4.39 Å². The average Bonchev–Trinajstić information content (AvgIpc) is 2.43. The lowest BCUT2D eigenvalue weighted by Gasteiger charge is -2.22. The van der Waals surface area contributed by atoms with Crippen LogP contribution < -0.4 is 10.6 Å². The lowest BCUT2D eigenvalue weighted by Crippen LogP contribution is -2.51. The number of carbonyl (C=O) groups is 1. The minimum absolute atomic E-state index is 0. The molecule has 1 fully saturated rings. The number of hydrogen-bond acceptors (Lipinski definition) is 3. The largest absolute Gasteiger partial charge is 0.378 e. The molecule has 0 saturated carbocycles. The van der Waals surface area contributed by atoms with E-state index in [4.69, 9.17) is 4.74 Å². The molecular formula is C13H17BrClFN2O2. The van der Waals surface area contributed by atoms with Gasteiger partial charge in [0.15, 0.2) is 0 Å². The van der Waals surface area contributed by atoms with Crippen LogP contribution >= 0.6 is 28.3 Å². The van der Waals surface area contributed by atoms with E-state index in [9.17, 15) is 9.18 Å². The number of morpholine rings is 1. The maximum absolute atomic E-state index is 13.1. The smallest absolute Gasteiger partial charge is 0.239 e. The summed E-state index contributed by atoms with van der Waals surface area (Å²) < 4.78 is 18.7. The molecule has 1 aliphatic heterocycles. The zero-order chi connectivity index (χ0) is 13.7. The van der Waals surface area contributed by atoms with Gasteiger partial charge in [0.25, 0.3) is 0 Å². The number of rotatable bonds is 4. The number of halogens is 3. The van der Waals surface area contributed by atoms with Crippen LogP contribution in [0.25, 0.3) is 0 Å². The summed E-state index contributed by atoms with van der Waals surface area (Å²) in [6.07, 6.45) is 0.665. The first-order valence-corrected chi connectivity index (χ1v) is 6.99. The Morgan fingerprint density at radius 2 is 2.35 bits per heavy atom. The fraction of sp³-hybridized carbons (Fsp3) is 0.462. The molecule has 7 heteroatoms. The van der Waals surface area contributed by atoms with Crippen molar-refractivity contribution in [2.45, 2.75) is 12.5 Å². The normalized spacial score (nSPS) is 18.2. The fourth-order valence-electron chi connectivity index (χ4n) is 1.88. The highest BCUT2D eigenvalue weighted by atomic mass is 79.9. The Bertz CT molecular complexity index is 456. The molecule has 1 saturated heterocycles. The van der Waals surface area contributed by atoms with Gasteiger partial charge >= 0.3 is 0 Å². The van der Waals surface area contributed by atoms with Crippen molar-refractivity contribution in [3.63, 3.8) is 0 Å². The Morgan fingerprint density at radius 1 is 1.55 bits per heavy atom. The maximum atomic E-state index is 13.1. The first-order chi connectivity index (χ1) is 9.16. The van der Waals surface area contributed by atoms with E-state index in [0.717, 1.165) is 5.56 Å². The van der Waals surface area contributed by atoms with Gasteiger partial charge in [-0.2, -0.15) is 0 Å². The second kappa shape index (κ2) is 8.56. The monoisotopic (exact) mass is 366 g/mol. The van der Waals surface area contributed by atoms with Crippen molar-refractivity contribution in [2.75, 3.05) is 26.3 Å². The predicted octanol–water partition coefficient (Wildman–Crippen LogP) is 1.66. The van der Waals surface area contributed by atoms with E-state index >= 15 is 0 Å². The van der Waals surface area contributed by atoms with Crippen molar-refractivity contribution in [3.8, 4) is 0 Å². The zero-order valence-corrected chi connectivity index (χ0v) is 13.2. The Hall–Kier alpha value is -0.690. The standard InChI is InChI=1S/C13H16BrFN2O2.ClH/c14-10-7-9(1-2-11(10)15)3-4-17-13(18)12-8-19-6-5-16-12;/h1-2,7,12,16H,3-6,8H2,(H,17,18);1H. The highest BCUT2D eigenvalue weighted by molar-refractivity contribution is 9.10. The second-order valence-corrected chi connectivity index (χ2v) is 5.23. The van der Waals surface area contributed by atoms with Gasteiger partial charge < -0.3 is 15.4 Å². The van der Waals surface area contributed by atoms with Gasteiger partial charge in [-0.05, 0) is 40.0 Å². The van der Waals surface area contributed by atoms with Crippen LogP contribution in [0, 0.1) is 5.82 Å². The number of ether oxygens (including phenoxy) is 1. The summed E-state index contributed by atoms with van der Waals surface area (Å²) in [6, 6.07) is 4.59. The molecule has 0 bridgehead atoms. The van der Waals surface area contributed by atoms with Gasteiger partial charge in [-0.15, -0.1) is 12.4 Å². The molecule has 1 heterocycles. The molecule has 2 N–H and O–H groups in total. The van der Waals surface area contributed by atoms with Crippen molar-refractivity contribution in [2.24, 2.45) is 0 Å². The van der Waals surface area contributed by atoms with Gasteiger partial charge in [0.1, 0.15) is 11.9 Å². The molecule has 2 rings (SSSR count). The van der Waals surface area contributed by atoms with Crippen molar-refractivity contribution < 1.29 is 13.9 Å². The summed E-state index contributed by atoms with van der Waals surface area (Å²) in [6.45, 7) is 2.28. The lowest BCUT2D eigenvalue weighted by atomic mass is 10.1. The number of amides is 1. The molecule has 1 aliphatic rings. The van der Waals surface area contributed by atoms with Gasteiger partial charge in [-0.25, -0.2) is 4.39 Å². The summed E-state index contributed by atoms with van der Waals surface area (Å²) in [5.74, 6) is -0.336. The van der Waals surface area contributed by atoms with E-state index in [1.165, 1.54) is 6.07 Å². The summed E-state index contributed by atoms with van der Waals surface area (Å²) in [5, 5.41) is 5.93. The highest BCUT2D eigenvalue weighted by Crippen LogP contribution is 2.16. The fourth-order valence-corrected chi connectivity index (χ4v) is 2.31. The molecule has 0 spiro atoms. The van der Waals surface area contributed by atoms with E-state index in [-0.39, 0.29) is 30.2 Å². The molecule has 1 unspecified atom stereocenters. The third-order valence-corrected chi connectivity index (χ3v) is 3.54. The van der Waals surface area contributed by atoms with Crippen LogP contribution in [0.5, 0.6) is 0 Å². The molecule has 20 heavy (non-hydrogen) atoms. The molecule has 1 amide bonds. The molecular weight excluding hydrogens is 351 g/mol. The van der Waals surface area contributed by atoms with Crippen LogP contribution in [0.1, 0.15) is 5.56 Å². The van der Waals surface area contributed by atoms with E-state index in [2.05, 4.69) is 26.6 Å². The number of hydrogen-bond donors (Lipinski definition) is 2. The van der Waals surface area contributed by atoms with Gasteiger partial charge in [0.05, 0.1) is 17.7 Å². The molecule has 4 nitrogen and oxygen atoms in total. The van der Waals surface area contributed by atoms with Gasteiger partial charge in [0.2, 0.25) is 5.91 Å². The summed E-state index contributed by atoms with van der Waals surface area (Å²) >= 11 is 3.14. The van der Waals surface area contributed by atoms with Crippen molar-refractivity contribution >= 4 is 34.2 Å². The second-order valence-electron chi connectivity index (χ2n) is 4.37. The minimum atomic E-state index is -0.281. The van der Waals surface area contributed by atoms with E-state index < -0.39 is 0 Å². The molecule has 0 aromatic heterocycles. The first kappa shape index (κ1) is 17.4. The van der Waals surface area contributed by atoms with Crippen molar-refractivity contribution in [1.29, 1.82) is 0 Å². The van der Waals surface area contributed by atoms with Crippen LogP contribution in [-0.2, 0) is 16.0 Å². The summed E-state index contributed by atoms with van der Waals surface area (Å²) in [7, 11) is 0. The number of nitrogens with one attached hydrogen (secondary N) is 2. The molecule has 0 radical (unpaired) electrons. The number of carbonyl (C=O) groups excluding carboxylic acids is 1. The Labute approximate surface area is 132 Å². The Kier molecular flexibility index (Phi) is 7.43. The van der Waals surface area contributed by atoms with E-state index in [1.54, 1.807) is 12.1 Å².